The lowest BCUT2D eigenvalue weighted by Gasteiger charge is -2.20. The van der Waals surface area contributed by atoms with E-state index in [1.807, 2.05) is 0 Å². The molecule has 3 N–H and O–H groups in total. The summed E-state index contributed by atoms with van der Waals surface area (Å²) in [5.41, 5.74) is 0.523. The van der Waals surface area contributed by atoms with Crippen LogP contribution < -0.4 is 10.2 Å². The molecule has 20 heavy (non-hydrogen) atoms. The van der Waals surface area contributed by atoms with E-state index >= 15 is 0 Å². The zero-order chi connectivity index (χ0) is 15.1. The second kappa shape index (κ2) is 7.34. The van der Waals surface area contributed by atoms with Gasteiger partial charge < -0.3 is 20.3 Å². The van der Waals surface area contributed by atoms with Gasteiger partial charge in [0.25, 0.3) is 0 Å². The molecule has 1 aromatic rings. The number of urea groups is 1. The number of methoxy groups -OCH3 is 1. The second-order valence-electron chi connectivity index (χ2n) is 4.22. The van der Waals surface area contributed by atoms with Crippen LogP contribution >= 0.6 is 0 Å². The molecule has 0 aliphatic heterocycles. The highest BCUT2D eigenvalue weighted by Crippen LogP contribution is 2.18. The first-order chi connectivity index (χ1) is 9.43. The van der Waals surface area contributed by atoms with Crippen molar-refractivity contribution in [1.29, 1.82) is 0 Å². The van der Waals surface area contributed by atoms with Crippen molar-refractivity contribution >= 4 is 17.7 Å². The second-order valence-corrected chi connectivity index (χ2v) is 4.22. The number of aromatic hydroxyl groups is 1. The zero-order valence-electron chi connectivity index (χ0n) is 11.4. The van der Waals surface area contributed by atoms with Crippen molar-refractivity contribution in [2.24, 2.45) is 0 Å². The predicted octanol–water partition coefficient (Wildman–Crippen LogP) is 1.03. The fourth-order valence-electron chi connectivity index (χ4n) is 1.57. The van der Waals surface area contributed by atoms with Crippen LogP contribution in [0.3, 0.4) is 0 Å². The molecule has 1 unspecified atom stereocenters. The number of hydrogen-bond acceptors (Lipinski definition) is 4. The third-order valence-electron chi connectivity index (χ3n) is 2.74. The van der Waals surface area contributed by atoms with Crippen LogP contribution in [0.5, 0.6) is 5.75 Å². The maximum Gasteiger partial charge on any atom is 0.321 e. The first-order valence-electron chi connectivity index (χ1n) is 5.99. The van der Waals surface area contributed by atoms with Crippen molar-refractivity contribution in [3.05, 3.63) is 24.3 Å². The Morgan fingerprint density at radius 2 is 2.15 bits per heavy atom. The van der Waals surface area contributed by atoms with Gasteiger partial charge in [-0.2, -0.15) is 0 Å². The van der Waals surface area contributed by atoms with Crippen molar-refractivity contribution in [1.82, 2.24) is 5.32 Å². The molecule has 7 nitrogen and oxygen atoms in total. The molecule has 0 spiro atoms. The standard InChI is InChI=1S/C13H18N2O5/c1-15(9-4-3-5-10(16)6-9)13(19)14-8-11(20-2)7-12(17)18/h3-6,11,16H,7-8H2,1-2H3,(H,14,19)(H,17,18). The topological polar surface area (TPSA) is 99.1 Å². The van der Waals surface area contributed by atoms with Crippen molar-refractivity contribution in [3.8, 4) is 5.75 Å². The predicted molar refractivity (Wildman–Crippen MR) is 73.0 cm³/mol. The molecule has 0 bridgehead atoms. The third kappa shape index (κ3) is 4.77. The molecule has 1 rings (SSSR count). The Morgan fingerprint density at radius 1 is 1.45 bits per heavy atom. The van der Waals surface area contributed by atoms with E-state index < -0.39 is 18.1 Å². The van der Waals surface area contributed by atoms with E-state index in [1.54, 1.807) is 19.2 Å². The number of rotatable bonds is 6. The number of benzene rings is 1. The molecular weight excluding hydrogens is 264 g/mol. The normalized spacial score (nSPS) is 11.7. The molecule has 2 amide bonds. The minimum absolute atomic E-state index is 0.0581. The Labute approximate surface area is 116 Å². The highest BCUT2D eigenvalue weighted by atomic mass is 16.5. The fourth-order valence-corrected chi connectivity index (χ4v) is 1.57. The molecule has 0 heterocycles. The van der Waals surface area contributed by atoms with Gasteiger partial charge in [-0.15, -0.1) is 0 Å². The van der Waals surface area contributed by atoms with Crippen molar-refractivity contribution in [2.45, 2.75) is 12.5 Å². The summed E-state index contributed by atoms with van der Waals surface area (Å²) >= 11 is 0. The van der Waals surface area contributed by atoms with Crippen LogP contribution in [0.4, 0.5) is 10.5 Å². The van der Waals surface area contributed by atoms with Gasteiger partial charge in [-0.3, -0.25) is 9.69 Å². The van der Waals surface area contributed by atoms with Crippen LogP contribution in [0.1, 0.15) is 6.42 Å². The van der Waals surface area contributed by atoms with E-state index in [4.69, 9.17) is 9.84 Å². The molecule has 0 fully saturated rings. The summed E-state index contributed by atoms with van der Waals surface area (Å²) in [7, 11) is 2.93. The van der Waals surface area contributed by atoms with E-state index in [1.165, 1.54) is 24.1 Å². The van der Waals surface area contributed by atoms with Gasteiger partial charge in [0.2, 0.25) is 0 Å². The molecule has 0 saturated carbocycles. The average molecular weight is 282 g/mol. The van der Waals surface area contributed by atoms with E-state index in [2.05, 4.69) is 5.32 Å². The lowest BCUT2D eigenvalue weighted by atomic mass is 10.2. The van der Waals surface area contributed by atoms with Gasteiger partial charge in [-0.05, 0) is 12.1 Å². The van der Waals surface area contributed by atoms with E-state index in [9.17, 15) is 14.7 Å². The van der Waals surface area contributed by atoms with Gasteiger partial charge in [0, 0.05) is 32.5 Å². The van der Waals surface area contributed by atoms with Gasteiger partial charge in [0.1, 0.15) is 5.75 Å². The number of phenols is 1. The van der Waals surface area contributed by atoms with Gasteiger partial charge in [0.05, 0.1) is 12.5 Å². The summed E-state index contributed by atoms with van der Waals surface area (Å²) in [6, 6.07) is 5.83. The third-order valence-corrected chi connectivity index (χ3v) is 2.74. The zero-order valence-corrected chi connectivity index (χ0v) is 11.4. The highest BCUT2D eigenvalue weighted by molar-refractivity contribution is 5.91. The monoisotopic (exact) mass is 282 g/mol. The van der Waals surface area contributed by atoms with E-state index in [0.717, 1.165) is 0 Å². The van der Waals surface area contributed by atoms with Crippen molar-refractivity contribution in [3.63, 3.8) is 0 Å². The van der Waals surface area contributed by atoms with Crippen molar-refractivity contribution < 1.29 is 24.5 Å². The van der Waals surface area contributed by atoms with Crippen molar-refractivity contribution in [2.75, 3.05) is 25.6 Å². The first-order valence-corrected chi connectivity index (χ1v) is 5.99. The van der Waals surface area contributed by atoms with Gasteiger partial charge in [-0.1, -0.05) is 6.07 Å². The van der Waals surface area contributed by atoms with E-state index in [-0.39, 0.29) is 18.7 Å². The summed E-state index contributed by atoms with van der Waals surface area (Å²) in [5.74, 6) is -0.935. The largest absolute Gasteiger partial charge is 0.508 e. The maximum atomic E-state index is 11.9. The molecule has 0 radical (unpaired) electrons. The quantitative estimate of drug-likeness (QED) is 0.723. The number of carbonyl (C=O) groups excluding carboxylic acids is 1. The van der Waals surface area contributed by atoms with Crippen LogP contribution in [0, 0.1) is 0 Å². The van der Waals surface area contributed by atoms with Gasteiger partial charge >= 0.3 is 12.0 Å². The summed E-state index contributed by atoms with van der Waals surface area (Å²) in [4.78, 5) is 23.8. The number of carboxylic acid groups (broad SMARTS) is 1. The van der Waals surface area contributed by atoms with E-state index in [0.29, 0.717) is 5.69 Å². The molecule has 7 heteroatoms. The molecule has 1 aromatic carbocycles. The number of ether oxygens (including phenoxy) is 1. The SMILES string of the molecule is COC(CNC(=O)N(C)c1cccc(O)c1)CC(=O)O. The lowest BCUT2D eigenvalue weighted by molar-refractivity contribution is -0.139. The maximum absolute atomic E-state index is 11.9. The van der Waals surface area contributed by atoms with Gasteiger partial charge in [0.15, 0.2) is 0 Å². The Morgan fingerprint density at radius 3 is 2.70 bits per heavy atom. The molecule has 110 valence electrons. The van der Waals surface area contributed by atoms with Gasteiger partial charge in [-0.25, -0.2) is 4.79 Å². The molecular formula is C13H18N2O5. The first kappa shape index (κ1) is 15.8. The number of hydrogen-bond donors (Lipinski definition) is 3. The summed E-state index contributed by atoms with van der Waals surface area (Å²) in [5, 5.41) is 20.6. The number of carboxylic acids is 1. The number of amides is 2. The molecule has 0 aliphatic carbocycles. The molecule has 0 aliphatic rings. The lowest BCUT2D eigenvalue weighted by Crippen LogP contribution is -2.42. The summed E-state index contributed by atoms with van der Waals surface area (Å²) < 4.78 is 4.96. The number of phenolic OH excluding ortho intramolecular Hbond substituents is 1. The minimum Gasteiger partial charge on any atom is -0.508 e. The van der Waals surface area contributed by atoms with Crippen LogP contribution in [-0.2, 0) is 9.53 Å². The number of carbonyl (C=O) groups is 2. The molecule has 1 atom stereocenters. The van der Waals surface area contributed by atoms with Crippen LogP contribution in [0.2, 0.25) is 0 Å². The Balaban J connectivity index is 2.55. The average Bonchev–Trinajstić information content (AvgIpc) is 2.41. The fraction of sp³-hybridized carbons (Fsp3) is 0.385. The Kier molecular flexibility index (Phi) is 5.79. The number of nitrogens with one attached hydrogen (secondary N) is 1. The Hall–Kier alpha value is -2.28. The number of nitrogens with zero attached hydrogens (tertiary/aromatic N) is 1. The highest BCUT2D eigenvalue weighted by Gasteiger charge is 2.16. The number of anilines is 1. The van der Waals surface area contributed by atoms with Crippen LogP contribution in [-0.4, -0.2) is 49.0 Å². The minimum atomic E-state index is -0.993. The smallest absolute Gasteiger partial charge is 0.321 e. The summed E-state index contributed by atoms with van der Waals surface area (Å²) in [6.07, 6.45) is -0.777. The number of aliphatic carboxylic acids is 1. The molecule has 0 saturated heterocycles. The molecule has 0 aromatic heterocycles. The van der Waals surface area contributed by atoms with Crippen LogP contribution in [0.15, 0.2) is 24.3 Å². The summed E-state index contributed by atoms with van der Waals surface area (Å²) in [6.45, 7) is 0.0881. The van der Waals surface area contributed by atoms with Crippen LogP contribution in [0.25, 0.3) is 0 Å². The Bertz CT molecular complexity index is 478.